The number of aliphatic hydroxyl groups is 4. The molecule has 12 nitrogen and oxygen atoms in total. The molecule has 1 fully saturated rings. The van der Waals surface area contributed by atoms with E-state index in [0.717, 1.165) is 7.11 Å². The van der Waals surface area contributed by atoms with Crippen molar-refractivity contribution in [3.63, 3.8) is 0 Å². The van der Waals surface area contributed by atoms with Crippen LogP contribution < -0.4 is 5.73 Å². The molecule has 0 bridgehead atoms. The van der Waals surface area contributed by atoms with Crippen LogP contribution in [0.2, 0.25) is 0 Å². The summed E-state index contributed by atoms with van der Waals surface area (Å²) in [4.78, 5) is 39.8. The van der Waals surface area contributed by atoms with E-state index in [4.69, 9.17) is 20.3 Å². The molecule has 1 aromatic carbocycles. The Morgan fingerprint density at radius 3 is 2.51 bits per heavy atom. The van der Waals surface area contributed by atoms with Gasteiger partial charge in [-0.05, 0) is 6.92 Å². The van der Waals surface area contributed by atoms with Gasteiger partial charge in [0.15, 0.2) is 0 Å². The zero-order valence-corrected chi connectivity index (χ0v) is 22.1. The molecule has 1 saturated heterocycles. The summed E-state index contributed by atoms with van der Waals surface area (Å²) in [6, 6.07) is -0.722. The fourth-order valence-electron chi connectivity index (χ4n) is 4.99. The number of phenolic OH excluding ortho intramolecular Hbond substituents is 2. The van der Waals surface area contributed by atoms with Crippen molar-refractivity contribution in [1.82, 2.24) is 0 Å². The number of hydrogen-bond donors (Lipinski definition) is 7. The Hall–Kier alpha value is -2.59. The van der Waals surface area contributed by atoms with Crippen molar-refractivity contribution < 1.29 is 69.8 Å². The Morgan fingerprint density at radius 2 is 1.92 bits per heavy atom. The molecular weight excluding hydrogens is 561 g/mol. The molecule has 2 aliphatic carbocycles. The third kappa shape index (κ3) is 5.68. The van der Waals surface area contributed by atoms with Crippen molar-refractivity contribution in [3.8, 4) is 11.5 Å². The molecule has 1 aliphatic heterocycles. The minimum atomic E-state index is -2.24. The number of allylic oxidation sites excluding steroid dienone is 4. The van der Waals surface area contributed by atoms with Crippen LogP contribution in [0.15, 0.2) is 17.7 Å². The molecular formula is C26H30CoNO11-. The molecule has 39 heavy (non-hydrogen) atoms. The van der Waals surface area contributed by atoms with Gasteiger partial charge in [-0.2, -0.15) is 0 Å². The van der Waals surface area contributed by atoms with Crippen molar-refractivity contribution in [1.29, 1.82) is 0 Å². The topological polar surface area (TPSA) is 217 Å². The number of carbonyl (C=O) groups is 3. The van der Waals surface area contributed by atoms with Crippen LogP contribution in [0.3, 0.4) is 0 Å². The smallest absolute Gasteiger partial charge is 0.0952 e. The maximum Gasteiger partial charge on any atom is 0.0952 e. The Morgan fingerprint density at radius 1 is 1.26 bits per heavy atom. The number of aliphatic hydroxyl groups excluding tert-OH is 3. The van der Waals surface area contributed by atoms with Gasteiger partial charge in [0.2, 0.25) is 0 Å². The van der Waals surface area contributed by atoms with Crippen LogP contribution in [0.25, 0.3) is 0 Å². The molecule has 0 aromatic heterocycles. The van der Waals surface area contributed by atoms with Gasteiger partial charge in [0, 0.05) is 19.6 Å². The third-order valence-electron chi connectivity index (χ3n) is 6.91. The van der Waals surface area contributed by atoms with Gasteiger partial charge in [-0.3, -0.25) is 0 Å². The number of Topliss-reactive ketones (excluding diaryl/α,β-unsaturated/α-hetero) is 3. The molecule has 0 saturated carbocycles. The second-order valence-electron chi connectivity index (χ2n) is 9.29. The minimum absolute atomic E-state index is 0.0209. The van der Waals surface area contributed by atoms with Crippen LogP contribution in [-0.2, 0) is 36.0 Å². The number of phenols is 2. The number of ether oxygens (including phenoxy) is 2. The summed E-state index contributed by atoms with van der Waals surface area (Å²) in [6.07, 6.45) is -0.109. The first kappa shape index (κ1) is 30.9. The second kappa shape index (κ2) is 12.3. The van der Waals surface area contributed by atoms with E-state index in [-0.39, 0.29) is 23.1 Å². The minimum Gasteiger partial charge on any atom is -0.389 e. The van der Waals surface area contributed by atoms with Crippen molar-refractivity contribution in [3.05, 3.63) is 46.1 Å². The Kier molecular flexibility index (Phi) is 9.75. The molecule has 0 amide bonds. The Labute approximate surface area is 231 Å². The summed E-state index contributed by atoms with van der Waals surface area (Å²) < 4.78 is 11.6. The van der Waals surface area contributed by atoms with E-state index < -0.39 is 95.7 Å². The van der Waals surface area contributed by atoms with Gasteiger partial charge < -0.3 is 25.8 Å². The van der Waals surface area contributed by atoms with Gasteiger partial charge in [0.05, 0.1) is 12.2 Å². The molecule has 13 heteroatoms. The molecule has 0 spiro atoms. The van der Waals surface area contributed by atoms with Crippen LogP contribution in [0.4, 0.5) is 0 Å². The quantitative estimate of drug-likeness (QED) is 0.154. The zero-order chi connectivity index (χ0) is 29.2. The molecule has 1 aromatic rings. The van der Waals surface area contributed by atoms with Gasteiger partial charge in [-0.1, -0.05) is 0 Å². The van der Waals surface area contributed by atoms with Gasteiger partial charge in [0.1, 0.15) is 0 Å². The van der Waals surface area contributed by atoms with E-state index in [2.05, 4.69) is 21.4 Å². The van der Waals surface area contributed by atoms with E-state index >= 15 is 0 Å². The van der Waals surface area contributed by atoms with Crippen LogP contribution in [0, 0.1) is 6.08 Å². The fourth-order valence-corrected chi connectivity index (χ4v) is 5.09. The van der Waals surface area contributed by atoms with Crippen molar-refractivity contribution in [2.75, 3.05) is 13.7 Å². The largest absolute Gasteiger partial charge is 0.389 e. The average molecular weight is 591 g/mol. The van der Waals surface area contributed by atoms with Crippen molar-refractivity contribution >= 4 is 22.3 Å². The predicted octanol–water partition coefficient (Wildman–Crippen LogP) is -1.16. The summed E-state index contributed by atoms with van der Waals surface area (Å²) in [5.74, 6) is -4.06. The summed E-state index contributed by atoms with van der Waals surface area (Å²) in [7, 11) is 1.00. The van der Waals surface area contributed by atoms with Crippen molar-refractivity contribution in [2.24, 2.45) is 5.73 Å². The zero-order valence-electron chi connectivity index (χ0n) is 21.1. The molecule has 1 heterocycles. The first-order chi connectivity index (χ1) is 18.4. The number of nitrogens with two attached hydrogens (primary N) is 1. The summed E-state index contributed by atoms with van der Waals surface area (Å²) in [5.41, 5.74) is 2.22. The number of aromatic hydroxyl groups is 2. The number of fused-ring (bicyclic) bond motifs is 2. The molecule has 8 N–H and O–H groups in total. The van der Waals surface area contributed by atoms with Crippen LogP contribution >= 0.6 is 0 Å². The number of benzene rings is 1. The first-order valence-corrected chi connectivity index (χ1v) is 12.5. The number of ketones is 3. The summed E-state index contributed by atoms with van der Waals surface area (Å²) in [5, 5.41) is 60.1. The average Bonchev–Trinajstić information content (AvgIpc) is 2.90. The number of carbonyl (C=O) groups excluding carboxylic acids is 3. The Balaban J connectivity index is 0.00000205. The third-order valence-corrected chi connectivity index (χ3v) is 7.11. The van der Waals surface area contributed by atoms with E-state index in [9.17, 15) is 39.9 Å². The molecule has 3 aliphatic rings. The summed E-state index contributed by atoms with van der Waals surface area (Å²) >= 11 is 3.94. The molecule has 215 valence electrons. The SMILES string of the molecule is CO.C[C@@H]1O[C@@H](O[C@H]2C[C@](O)(C(=O)CO)Cc3c(O)c4c(c(O)c32)C(=O)[C-]=C(/C=C\[CH]=[Co])C4=O)C[C@H](N)[C@@H]1O. The monoisotopic (exact) mass is 591 g/mol. The van der Waals surface area contributed by atoms with Crippen LogP contribution in [-0.4, -0.2) is 96.8 Å². The standard InChI is InChI=1S/C25H26NO10.CH4O.Co/c1-3-4-11-5-14(28)19-20(22(11)31)23(32)12-7-25(34,16(29)9-27)8-15(18(12)24(19)33)36-17-6-13(26)21(30)10(2)35-17;1-2;/h1,3-4,10,13,15,17,21,27,30,32-34H,6-9,26H2,2H3;2H,1H3;/q-1;;/b4-3-;;/t10-,13-,15-,17-,21+,25-;;/m0../s1. The van der Waals surface area contributed by atoms with Crippen molar-refractivity contribution in [2.45, 2.75) is 62.4 Å². The fraction of sp³-hybridized carbons (Fsp3) is 0.462. The normalized spacial score (nSPS) is 30.2. The second-order valence-corrected chi connectivity index (χ2v) is 9.63. The van der Waals surface area contributed by atoms with Gasteiger partial charge in [0.25, 0.3) is 0 Å². The molecule has 6 atom stereocenters. The summed E-state index contributed by atoms with van der Waals surface area (Å²) in [6.45, 7) is 0.554. The van der Waals surface area contributed by atoms with E-state index in [1.165, 1.54) is 17.1 Å². The predicted molar refractivity (Wildman–Crippen MR) is 131 cm³/mol. The van der Waals surface area contributed by atoms with Gasteiger partial charge in [-0.15, -0.1) is 0 Å². The molecule has 4 rings (SSSR count). The number of rotatable bonds is 6. The maximum absolute atomic E-state index is 13.1. The van der Waals surface area contributed by atoms with Crippen LogP contribution in [0.5, 0.6) is 11.5 Å². The number of hydrogen-bond acceptors (Lipinski definition) is 12. The van der Waals surface area contributed by atoms with E-state index in [1.54, 1.807) is 6.92 Å². The molecule has 0 radical (unpaired) electrons. The van der Waals surface area contributed by atoms with E-state index in [1.807, 2.05) is 0 Å². The molecule has 0 unspecified atom stereocenters. The van der Waals surface area contributed by atoms with Gasteiger partial charge >= 0.3 is 167 Å². The maximum atomic E-state index is 13.1. The van der Waals surface area contributed by atoms with Gasteiger partial charge in [-0.25, -0.2) is 0 Å². The van der Waals surface area contributed by atoms with Crippen LogP contribution in [0.1, 0.15) is 57.7 Å². The first-order valence-electron chi connectivity index (χ1n) is 11.9. The van der Waals surface area contributed by atoms with E-state index in [0.29, 0.717) is 0 Å². The Bertz CT molecular complexity index is 1230.